The van der Waals surface area contributed by atoms with Crippen molar-refractivity contribution in [2.75, 3.05) is 11.9 Å². The van der Waals surface area contributed by atoms with Crippen LogP contribution in [0.4, 0.5) is 4.39 Å². The first-order chi connectivity index (χ1) is 6.94. The summed E-state index contributed by atoms with van der Waals surface area (Å²) in [6.07, 6.45) is 0. The fourth-order valence-corrected chi connectivity index (χ4v) is 1.19. The van der Waals surface area contributed by atoms with Crippen molar-refractivity contribution in [1.82, 2.24) is 0 Å². The maximum absolute atomic E-state index is 13.0. The zero-order valence-electron chi connectivity index (χ0n) is 9.31. The predicted octanol–water partition coefficient (Wildman–Crippen LogP) is 3.93. The third-order valence-corrected chi connectivity index (χ3v) is 3.64. The molecule has 1 aromatic carbocycles. The molecule has 0 spiro atoms. The predicted molar refractivity (Wildman–Crippen MR) is 64.2 cm³/mol. The molecule has 0 fully saturated rings. The zero-order chi connectivity index (χ0) is 11.5. The average molecular weight is 275 g/mol. The van der Waals surface area contributed by atoms with Gasteiger partial charge in [-0.15, -0.1) is 0 Å². The molecule has 0 N–H and O–H groups in total. The van der Waals surface area contributed by atoms with Gasteiger partial charge in [-0.3, -0.25) is 0 Å². The minimum atomic E-state index is -0.192. The standard InChI is InChI=1S/C12H16BrFO/c1-9-6-10(4-5-11(9)14)15-8-12(2,3)7-13/h4-6H,7-8H2,1-3H3. The first-order valence-corrected chi connectivity index (χ1v) is 6.02. The summed E-state index contributed by atoms with van der Waals surface area (Å²) in [5.74, 6) is 0.532. The highest BCUT2D eigenvalue weighted by molar-refractivity contribution is 9.09. The second-order valence-corrected chi connectivity index (χ2v) is 5.06. The van der Waals surface area contributed by atoms with E-state index in [-0.39, 0.29) is 11.2 Å². The van der Waals surface area contributed by atoms with Crippen molar-refractivity contribution in [2.24, 2.45) is 5.41 Å². The summed E-state index contributed by atoms with van der Waals surface area (Å²) >= 11 is 3.43. The number of aryl methyl sites for hydroxylation is 1. The third-order valence-electron chi connectivity index (χ3n) is 2.12. The van der Waals surface area contributed by atoms with Gasteiger partial charge in [0.25, 0.3) is 0 Å². The van der Waals surface area contributed by atoms with E-state index in [4.69, 9.17) is 4.74 Å². The van der Waals surface area contributed by atoms with Crippen LogP contribution in [0.15, 0.2) is 18.2 Å². The third kappa shape index (κ3) is 3.82. The van der Waals surface area contributed by atoms with Gasteiger partial charge in [0.2, 0.25) is 0 Å². The Morgan fingerprint density at radius 3 is 2.60 bits per heavy atom. The van der Waals surface area contributed by atoms with E-state index in [1.807, 2.05) is 0 Å². The van der Waals surface area contributed by atoms with Gasteiger partial charge in [0.15, 0.2) is 0 Å². The summed E-state index contributed by atoms with van der Waals surface area (Å²) < 4.78 is 18.6. The van der Waals surface area contributed by atoms with Crippen LogP contribution < -0.4 is 4.74 Å². The van der Waals surface area contributed by atoms with Crippen LogP contribution in [0.1, 0.15) is 19.4 Å². The number of rotatable bonds is 4. The van der Waals surface area contributed by atoms with Gasteiger partial charge in [0.05, 0.1) is 6.61 Å². The molecule has 0 aliphatic carbocycles. The van der Waals surface area contributed by atoms with Gasteiger partial charge < -0.3 is 4.74 Å². The Kier molecular flexibility index (Phi) is 4.14. The van der Waals surface area contributed by atoms with Gasteiger partial charge in [-0.2, -0.15) is 0 Å². The lowest BCUT2D eigenvalue weighted by atomic mass is 9.98. The number of hydrogen-bond donors (Lipinski definition) is 0. The molecule has 0 aliphatic heterocycles. The van der Waals surface area contributed by atoms with Crippen LogP contribution in [-0.2, 0) is 0 Å². The van der Waals surface area contributed by atoms with E-state index in [1.165, 1.54) is 6.07 Å². The molecule has 0 saturated carbocycles. The van der Waals surface area contributed by atoms with Crippen molar-refractivity contribution >= 4 is 15.9 Å². The molecule has 0 bridgehead atoms. The molecule has 0 saturated heterocycles. The fraction of sp³-hybridized carbons (Fsp3) is 0.500. The Labute approximate surface area is 98.8 Å². The lowest BCUT2D eigenvalue weighted by molar-refractivity contribution is 0.203. The van der Waals surface area contributed by atoms with E-state index in [9.17, 15) is 4.39 Å². The molecule has 1 rings (SSSR count). The molecule has 0 atom stereocenters. The minimum Gasteiger partial charge on any atom is -0.493 e. The van der Waals surface area contributed by atoms with Crippen molar-refractivity contribution in [1.29, 1.82) is 0 Å². The van der Waals surface area contributed by atoms with Crippen LogP contribution in [0.2, 0.25) is 0 Å². The van der Waals surface area contributed by atoms with Crippen molar-refractivity contribution in [3.8, 4) is 5.75 Å². The largest absolute Gasteiger partial charge is 0.493 e. The highest BCUT2D eigenvalue weighted by atomic mass is 79.9. The fourth-order valence-electron chi connectivity index (χ4n) is 1.02. The Morgan fingerprint density at radius 2 is 2.07 bits per heavy atom. The second-order valence-electron chi connectivity index (χ2n) is 4.50. The number of hydrogen-bond acceptors (Lipinski definition) is 1. The minimum absolute atomic E-state index is 0.0856. The average Bonchev–Trinajstić information content (AvgIpc) is 2.20. The van der Waals surface area contributed by atoms with Crippen LogP contribution in [0.5, 0.6) is 5.75 Å². The Bertz CT molecular complexity index is 336. The molecule has 1 nitrogen and oxygen atoms in total. The molecule has 84 valence electrons. The number of benzene rings is 1. The van der Waals surface area contributed by atoms with E-state index < -0.39 is 0 Å². The Morgan fingerprint density at radius 1 is 1.40 bits per heavy atom. The van der Waals surface area contributed by atoms with Gasteiger partial charge in [-0.25, -0.2) is 4.39 Å². The summed E-state index contributed by atoms with van der Waals surface area (Å²) in [6.45, 7) is 6.57. The van der Waals surface area contributed by atoms with Crippen molar-refractivity contribution in [3.63, 3.8) is 0 Å². The first kappa shape index (κ1) is 12.5. The number of alkyl halides is 1. The van der Waals surface area contributed by atoms with Crippen LogP contribution >= 0.6 is 15.9 Å². The van der Waals surface area contributed by atoms with E-state index >= 15 is 0 Å². The molecule has 0 amide bonds. The van der Waals surface area contributed by atoms with E-state index in [1.54, 1.807) is 19.1 Å². The highest BCUT2D eigenvalue weighted by Crippen LogP contribution is 2.22. The van der Waals surface area contributed by atoms with Crippen LogP contribution in [0, 0.1) is 18.2 Å². The molecule has 15 heavy (non-hydrogen) atoms. The van der Waals surface area contributed by atoms with Gasteiger partial charge in [-0.05, 0) is 30.7 Å². The quantitative estimate of drug-likeness (QED) is 0.756. The first-order valence-electron chi connectivity index (χ1n) is 4.89. The zero-order valence-corrected chi connectivity index (χ0v) is 10.9. The van der Waals surface area contributed by atoms with Crippen molar-refractivity contribution < 1.29 is 9.13 Å². The van der Waals surface area contributed by atoms with Crippen molar-refractivity contribution in [3.05, 3.63) is 29.6 Å². The monoisotopic (exact) mass is 274 g/mol. The highest BCUT2D eigenvalue weighted by Gasteiger charge is 2.17. The summed E-state index contributed by atoms with van der Waals surface area (Å²) in [6, 6.07) is 4.82. The maximum Gasteiger partial charge on any atom is 0.126 e. The molecule has 3 heteroatoms. The molecule has 0 unspecified atom stereocenters. The van der Waals surface area contributed by atoms with Crippen LogP contribution in [0.25, 0.3) is 0 Å². The van der Waals surface area contributed by atoms with Crippen LogP contribution in [-0.4, -0.2) is 11.9 Å². The Balaban J connectivity index is 2.62. The maximum atomic E-state index is 13.0. The second kappa shape index (κ2) is 4.97. The molecule has 0 radical (unpaired) electrons. The normalized spacial score (nSPS) is 11.5. The summed E-state index contributed by atoms with van der Waals surface area (Å²) in [5.41, 5.74) is 0.701. The molecule has 0 aromatic heterocycles. The van der Waals surface area contributed by atoms with Gasteiger partial charge in [-0.1, -0.05) is 29.8 Å². The molecule has 1 aromatic rings. The number of halogens is 2. The lowest BCUT2D eigenvalue weighted by Gasteiger charge is -2.21. The van der Waals surface area contributed by atoms with Gasteiger partial charge >= 0.3 is 0 Å². The topological polar surface area (TPSA) is 9.23 Å². The molecule has 0 aliphatic rings. The van der Waals surface area contributed by atoms with Gasteiger partial charge in [0, 0.05) is 10.7 Å². The smallest absolute Gasteiger partial charge is 0.126 e. The van der Waals surface area contributed by atoms with E-state index in [0.29, 0.717) is 12.2 Å². The summed E-state index contributed by atoms with van der Waals surface area (Å²) in [7, 11) is 0. The molecule has 0 heterocycles. The van der Waals surface area contributed by atoms with Gasteiger partial charge in [0.1, 0.15) is 11.6 Å². The summed E-state index contributed by atoms with van der Waals surface area (Å²) in [5, 5.41) is 0.875. The van der Waals surface area contributed by atoms with E-state index in [0.717, 1.165) is 11.1 Å². The Hall–Kier alpha value is -0.570. The molecular weight excluding hydrogens is 259 g/mol. The van der Waals surface area contributed by atoms with E-state index in [2.05, 4.69) is 29.8 Å². The lowest BCUT2D eigenvalue weighted by Crippen LogP contribution is -2.22. The molecular formula is C12H16BrFO. The van der Waals surface area contributed by atoms with Crippen molar-refractivity contribution in [2.45, 2.75) is 20.8 Å². The SMILES string of the molecule is Cc1cc(OCC(C)(C)CBr)ccc1F. The summed E-state index contributed by atoms with van der Waals surface area (Å²) in [4.78, 5) is 0. The van der Waals surface area contributed by atoms with Crippen LogP contribution in [0.3, 0.4) is 0 Å². The number of ether oxygens (including phenoxy) is 1.